The van der Waals surface area contributed by atoms with E-state index in [1.807, 2.05) is 65.6 Å². The van der Waals surface area contributed by atoms with Crippen LogP contribution >= 0.6 is 11.6 Å². The molecule has 0 unspecified atom stereocenters. The fourth-order valence-electron chi connectivity index (χ4n) is 4.66. The maximum atomic E-state index is 12.9. The van der Waals surface area contributed by atoms with Gasteiger partial charge in [0, 0.05) is 36.1 Å². The van der Waals surface area contributed by atoms with E-state index in [0.717, 1.165) is 53.2 Å². The van der Waals surface area contributed by atoms with Gasteiger partial charge in [-0.2, -0.15) is 0 Å². The Kier molecular flexibility index (Phi) is 6.54. The highest BCUT2D eigenvalue weighted by Crippen LogP contribution is 2.33. The van der Waals surface area contributed by atoms with Crippen LogP contribution in [-0.2, 0) is 11.3 Å². The first-order chi connectivity index (χ1) is 16.6. The quantitative estimate of drug-likeness (QED) is 0.279. The lowest BCUT2D eigenvalue weighted by Gasteiger charge is -2.17. The second kappa shape index (κ2) is 9.90. The van der Waals surface area contributed by atoms with Crippen LogP contribution < -0.4 is 9.64 Å². The number of halogens is 1. The third kappa shape index (κ3) is 4.66. The number of imidazole rings is 1. The number of aromatic nitrogens is 2. The summed E-state index contributed by atoms with van der Waals surface area (Å²) in [5, 5.41) is 0.667. The van der Waals surface area contributed by atoms with Crippen LogP contribution in [0.2, 0.25) is 5.02 Å². The summed E-state index contributed by atoms with van der Waals surface area (Å²) in [7, 11) is 0. The van der Waals surface area contributed by atoms with Crippen LogP contribution in [0.5, 0.6) is 5.75 Å². The summed E-state index contributed by atoms with van der Waals surface area (Å²) < 4.78 is 8.27. The first-order valence-corrected chi connectivity index (χ1v) is 12.2. The molecule has 3 aromatic carbocycles. The SMILES string of the molecule is Cc1ccccc1OCCCCn1c([C@H]2CC(=O)N(c3ccc(Cl)cc3)C2)nc2ccccc21. The third-order valence-electron chi connectivity index (χ3n) is 6.44. The Balaban J connectivity index is 1.30. The molecule has 0 spiro atoms. The van der Waals surface area contributed by atoms with E-state index in [1.165, 1.54) is 0 Å². The zero-order chi connectivity index (χ0) is 23.5. The van der Waals surface area contributed by atoms with Crippen LogP contribution in [0.25, 0.3) is 11.0 Å². The van der Waals surface area contributed by atoms with E-state index in [0.29, 0.717) is 24.6 Å². The molecular formula is C28H28ClN3O2. The van der Waals surface area contributed by atoms with Gasteiger partial charge in [-0.3, -0.25) is 4.79 Å². The lowest BCUT2D eigenvalue weighted by atomic mass is 10.1. The van der Waals surface area contributed by atoms with Crippen molar-refractivity contribution < 1.29 is 9.53 Å². The molecule has 1 aromatic heterocycles. The highest BCUT2D eigenvalue weighted by Gasteiger charge is 2.34. The molecule has 1 fully saturated rings. The lowest BCUT2D eigenvalue weighted by molar-refractivity contribution is -0.117. The Morgan fingerprint density at radius 1 is 1.00 bits per heavy atom. The molecule has 5 rings (SSSR count). The fraction of sp³-hybridized carbons (Fsp3) is 0.286. The average molecular weight is 474 g/mol. The normalized spacial score (nSPS) is 15.9. The van der Waals surface area contributed by atoms with E-state index in [9.17, 15) is 4.79 Å². The number of aryl methyl sites for hydroxylation is 2. The number of ether oxygens (including phenoxy) is 1. The number of amides is 1. The number of rotatable bonds is 8. The van der Waals surface area contributed by atoms with Crippen molar-refractivity contribution in [3.63, 3.8) is 0 Å². The van der Waals surface area contributed by atoms with Gasteiger partial charge in [0.1, 0.15) is 11.6 Å². The van der Waals surface area contributed by atoms with Gasteiger partial charge >= 0.3 is 0 Å². The van der Waals surface area contributed by atoms with E-state index in [-0.39, 0.29) is 11.8 Å². The van der Waals surface area contributed by atoms with Gasteiger partial charge in [-0.15, -0.1) is 0 Å². The molecular weight excluding hydrogens is 446 g/mol. The first-order valence-electron chi connectivity index (χ1n) is 11.8. The number of anilines is 1. The molecule has 174 valence electrons. The number of nitrogens with zero attached hydrogens (tertiary/aromatic N) is 3. The van der Waals surface area contributed by atoms with Gasteiger partial charge in [0.15, 0.2) is 0 Å². The van der Waals surface area contributed by atoms with Crippen molar-refractivity contribution in [3.8, 4) is 5.75 Å². The predicted molar refractivity (Wildman–Crippen MR) is 137 cm³/mol. The molecule has 1 aliphatic rings. The van der Waals surface area contributed by atoms with Crippen molar-refractivity contribution in [2.75, 3.05) is 18.1 Å². The Bertz CT molecular complexity index is 1300. The third-order valence-corrected chi connectivity index (χ3v) is 6.69. The number of benzene rings is 3. The molecule has 5 nitrogen and oxygen atoms in total. The first kappa shape index (κ1) is 22.5. The van der Waals surface area contributed by atoms with Crippen molar-refractivity contribution in [1.82, 2.24) is 9.55 Å². The molecule has 1 saturated heterocycles. The summed E-state index contributed by atoms with van der Waals surface area (Å²) >= 11 is 6.03. The number of fused-ring (bicyclic) bond motifs is 1. The van der Waals surface area contributed by atoms with Gasteiger partial charge < -0.3 is 14.2 Å². The average Bonchev–Trinajstić information content (AvgIpc) is 3.41. The zero-order valence-electron chi connectivity index (χ0n) is 19.3. The lowest BCUT2D eigenvalue weighted by Crippen LogP contribution is -2.24. The molecule has 1 amide bonds. The molecule has 1 atom stereocenters. The summed E-state index contributed by atoms with van der Waals surface area (Å²) in [5.74, 6) is 2.12. The van der Waals surface area contributed by atoms with E-state index in [1.54, 1.807) is 0 Å². The minimum absolute atomic E-state index is 0.0544. The number of para-hydroxylation sites is 3. The number of unbranched alkanes of at least 4 members (excludes halogenated alkanes) is 1. The summed E-state index contributed by atoms with van der Waals surface area (Å²) in [4.78, 5) is 19.7. The van der Waals surface area contributed by atoms with Crippen LogP contribution in [-0.4, -0.2) is 28.6 Å². The molecule has 0 saturated carbocycles. The summed E-state index contributed by atoms with van der Waals surface area (Å²) in [6.45, 7) is 4.22. The summed E-state index contributed by atoms with van der Waals surface area (Å²) in [5.41, 5.74) is 4.13. The summed E-state index contributed by atoms with van der Waals surface area (Å²) in [6, 6.07) is 23.8. The summed E-state index contributed by atoms with van der Waals surface area (Å²) in [6.07, 6.45) is 2.38. The van der Waals surface area contributed by atoms with E-state index >= 15 is 0 Å². The molecule has 0 bridgehead atoms. The van der Waals surface area contributed by atoms with Gasteiger partial charge in [-0.25, -0.2) is 4.98 Å². The van der Waals surface area contributed by atoms with Crippen LogP contribution in [0, 0.1) is 6.92 Å². The molecule has 0 aliphatic carbocycles. The van der Waals surface area contributed by atoms with Crippen molar-refractivity contribution in [2.45, 2.75) is 38.6 Å². The number of hydrogen-bond donors (Lipinski definition) is 0. The molecule has 2 heterocycles. The monoisotopic (exact) mass is 473 g/mol. The van der Waals surface area contributed by atoms with Crippen LogP contribution in [0.15, 0.2) is 72.8 Å². The predicted octanol–water partition coefficient (Wildman–Crippen LogP) is 6.38. The van der Waals surface area contributed by atoms with Crippen LogP contribution in [0.4, 0.5) is 5.69 Å². The number of carbonyl (C=O) groups is 1. The van der Waals surface area contributed by atoms with Crippen LogP contribution in [0.3, 0.4) is 0 Å². The van der Waals surface area contributed by atoms with Gasteiger partial charge in [-0.05, 0) is 67.8 Å². The zero-order valence-corrected chi connectivity index (χ0v) is 20.0. The van der Waals surface area contributed by atoms with Gasteiger partial charge in [0.05, 0.1) is 17.6 Å². The highest BCUT2D eigenvalue weighted by atomic mass is 35.5. The van der Waals surface area contributed by atoms with E-state index < -0.39 is 0 Å². The Labute approximate surface area is 204 Å². The van der Waals surface area contributed by atoms with E-state index in [4.69, 9.17) is 21.3 Å². The second-order valence-corrected chi connectivity index (χ2v) is 9.25. The largest absolute Gasteiger partial charge is 0.493 e. The second-order valence-electron chi connectivity index (χ2n) is 8.81. The van der Waals surface area contributed by atoms with Gasteiger partial charge in [-0.1, -0.05) is 41.9 Å². The van der Waals surface area contributed by atoms with Crippen molar-refractivity contribution in [2.24, 2.45) is 0 Å². The van der Waals surface area contributed by atoms with Gasteiger partial charge in [0.25, 0.3) is 0 Å². The standard InChI is InChI=1S/C28H28ClN3O2/c1-20-8-2-5-11-26(20)34-17-7-6-16-31-25-10-4-3-9-24(25)30-28(31)21-18-27(33)32(19-21)23-14-12-22(29)13-15-23/h2-5,8-15,21H,6-7,16-19H2,1H3/t21-/m0/s1. The maximum Gasteiger partial charge on any atom is 0.227 e. The molecule has 34 heavy (non-hydrogen) atoms. The Morgan fingerprint density at radius 2 is 1.76 bits per heavy atom. The Morgan fingerprint density at radius 3 is 2.59 bits per heavy atom. The molecule has 0 radical (unpaired) electrons. The molecule has 4 aromatic rings. The highest BCUT2D eigenvalue weighted by molar-refractivity contribution is 6.30. The number of hydrogen-bond acceptors (Lipinski definition) is 3. The maximum absolute atomic E-state index is 12.9. The van der Waals surface area contributed by atoms with Crippen molar-refractivity contribution >= 4 is 34.2 Å². The Hall–Kier alpha value is -3.31. The smallest absolute Gasteiger partial charge is 0.227 e. The van der Waals surface area contributed by atoms with Crippen molar-refractivity contribution in [3.05, 3.63) is 89.2 Å². The topological polar surface area (TPSA) is 47.4 Å². The van der Waals surface area contributed by atoms with Crippen molar-refractivity contribution in [1.29, 1.82) is 0 Å². The van der Waals surface area contributed by atoms with Crippen LogP contribution in [0.1, 0.15) is 36.6 Å². The fourth-order valence-corrected chi connectivity index (χ4v) is 4.79. The van der Waals surface area contributed by atoms with Gasteiger partial charge in [0.2, 0.25) is 5.91 Å². The number of carbonyl (C=O) groups excluding carboxylic acids is 1. The minimum atomic E-state index is 0.0544. The molecule has 6 heteroatoms. The molecule has 1 aliphatic heterocycles. The molecule has 0 N–H and O–H groups in total. The minimum Gasteiger partial charge on any atom is -0.493 e. The van der Waals surface area contributed by atoms with E-state index in [2.05, 4.69) is 23.6 Å².